The van der Waals surface area contributed by atoms with Crippen molar-refractivity contribution in [1.29, 1.82) is 0 Å². The van der Waals surface area contributed by atoms with E-state index in [1.165, 1.54) is 25.7 Å². The molecule has 108 valence electrons. The van der Waals surface area contributed by atoms with Crippen molar-refractivity contribution in [3.8, 4) is 0 Å². The van der Waals surface area contributed by atoms with Crippen molar-refractivity contribution in [2.45, 2.75) is 45.1 Å². The quantitative estimate of drug-likeness (QED) is 0.695. The van der Waals surface area contributed by atoms with E-state index in [9.17, 15) is 8.42 Å². The van der Waals surface area contributed by atoms with Gasteiger partial charge in [-0.05, 0) is 31.7 Å². The zero-order valence-corrected chi connectivity index (χ0v) is 12.5. The van der Waals surface area contributed by atoms with Gasteiger partial charge in [-0.1, -0.05) is 19.8 Å². The highest BCUT2D eigenvalue weighted by atomic mass is 32.2. The van der Waals surface area contributed by atoms with Crippen LogP contribution in [0.15, 0.2) is 0 Å². The third kappa shape index (κ3) is 5.67. The molecular weight excluding hydrogens is 250 g/mol. The molecule has 1 aliphatic carbocycles. The number of methoxy groups -OCH3 is 1. The predicted octanol–water partition coefficient (Wildman–Crippen LogP) is 1.61. The van der Waals surface area contributed by atoms with E-state index in [4.69, 9.17) is 4.74 Å². The minimum Gasteiger partial charge on any atom is -0.384 e. The summed E-state index contributed by atoms with van der Waals surface area (Å²) in [5.74, 6) is 0.940. The van der Waals surface area contributed by atoms with Crippen LogP contribution in [0.3, 0.4) is 0 Å². The fraction of sp³-hybridized carbons (Fsp3) is 1.00. The van der Waals surface area contributed by atoms with Gasteiger partial charge in [-0.2, -0.15) is 0 Å². The third-order valence-corrected chi connectivity index (χ3v) is 5.31. The van der Waals surface area contributed by atoms with Crippen molar-refractivity contribution in [3.05, 3.63) is 0 Å². The Morgan fingerprint density at radius 3 is 2.56 bits per heavy atom. The first-order valence-corrected chi connectivity index (χ1v) is 8.84. The van der Waals surface area contributed by atoms with Crippen LogP contribution >= 0.6 is 0 Å². The summed E-state index contributed by atoms with van der Waals surface area (Å²) in [6.07, 6.45) is 5.86. The van der Waals surface area contributed by atoms with Gasteiger partial charge in [-0.25, -0.2) is 8.42 Å². The molecule has 0 radical (unpaired) electrons. The summed E-state index contributed by atoms with van der Waals surface area (Å²) in [7, 11) is -1.46. The van der Waals surface area contributed by atoms with Crippen molar-refractivity contribution < 1.29 is 13.2 Å². The summed E-state index contributed by atoms with van der Waals surface area (Å²) >= 11 is 0. The van der Waals surface area contributed by atoms with E-state index in [1.807, 2.05) is 0 Å². The Hall–Kier alpha value is -0.130. The first-order valence-electron chi connectivity index (χ1n) is 7.02. The number of ether oxygens (including phenoxy) is 1. The molecular formula is C13H27NO3S. The van der Waals surface area contributed by atoms with E-state index in [1.54, 1.807) is 7.11 Å². The lowest BCUT2D eigenvalue weighted by molar-refractivity contribution is 0.217. The minimum atomic E-state index is -3.00. The average Bonchev–Trinajstić information content (AvgIpc) is 2.85. The van der Waals surface area contributed by atoms with Crippen molar-refractivity contribution in [1.82, 2.24) is 5.32 Å². The van der Waals surface area contributed by atoms with Gasteiger partial charge in [0.2, 0.25) is 0 Å². The van der Waals surface area contributed by atoms with Gasteiger partial charge >= 0.3 is 0 Å². The largest absolute Gasteiger partial charge is 0.384 e. The van der Waals surface area contributed by atoms with Gasteiger partial charge in [-0.3, -0.25) is 0 Å². The molecule has 4 nitrogen and oxygen atoms in total. The fourth-order valence-electron chi connectivity index (χ4n) is 2.62. The first-order chi connectivity index (χ1) is 8.59. The number of nitrogens with one attached hydrogen (secondary N) is 1. The summed E-state index contributed by atoms with van der Waals surface area (Å²) in [6.45, 7) is 3.31. The standard InChI is InChI=1S/C13H27NO3S/c1-3-8-14-13(12-6-4-5-7-12)11-18(15,16)10-9-17-2/h12-14H,3-11H2,1-2H3. The van der Waals surface area contributed by atoms with E-state index in [0.29, 0.717) is 12.5 Å². The number of rotatable bonds is 9. The first kappa shape index (κ1) is 15.9. The van der Waals surface area contributed by atoms with Crippen LogP contribution in [0.5, 0.6) is 0 Å². The lowest BCUT2D eigenvalue weighted by Gasteiger charge is -2.24. The number of hydrogen-bond donors (Lipinski definition) is 1. The summed E-state index contributed by atoms with van der Waals surface area (Å²) in [4.78, 5) is 0. The summed E-state index contributed by atoms with van der Waals surface area (Å²) in [6, 6.07) is 0.134. The maximum atomic E-state index is 12.0. The second-order valence-corrected chi connectivity index (χ2v) is 7.44. The van der Waals surface area contributed by atoms with Crippen LogP contribution in [0.4, 0.5) is 0 Å². The zero-order chi connectivity index (χ0) is 13.4. The van der Waals surface area contributed by atoms with Crippen LogP contribution in [0.2, 0.25) is 0 Å². The topological polar surface area (TPSA) is 55.4 Å². The number of sulfone groups is 1. The minimum absolute atomic E-state index is 0.134. The maximum absolute atomic E-state index is 12.0. The Labute approximate surface area is 111 Å². The second kappa shape index (κ2) is 8.12. The molecule has 1 fully saturated rings. The molecule has 18 heavy (non-hydrogen) atoms. The molecule has 0 aliphatic heterocycles. The molecule has 1 aliphatic rings. The second-order valence-electron chi connectivity index (χ2n) is 5.21. The van der Waals surface area contributed by atoms with Crippen LogP contribution in [0.1, 0.15) is 39.0 Å². The molecule has 0 bridgehead atoms. The van der Waals surface area contributed by atoms with Gasteiger partial charge < -0.3 is 10.1 Å². The number of hydrogen-bond acceptors (Lipinski definition) is 4. The molecule has 1 N–H and O–H groups in total. The van der Waals surface area contributed by atoms with Crippen LogP contribution in [0, 0.1) is 5.92 Å². The van der Waals surface area contributed by atoms with Crippen molar-refractivity contribution in [3.63, 3.8) is 0 Å². The van der Waals surface area contributed by atoms with Crippen LogP contribution in [-0.2, 0) is 14.6 Å². The smallest absolute Gasteiger partial charge is 0.154 e. The molecule has 0 spiro atoms. The molecule has 0 aromatic carbocycles. The van der Waals surface area contributed by atoms with Crippen LogP contribution in [0.25, 0.3) is 0 Å². The summed E-state index contributed by atoms with van der Waals surface area (Å²) in [5, 5.41) is 3.42. The van der Waals surface area contributed by atoms with Gasteiger partial charge in [0, 0.05) is 13.2 Å². The van der Waals surface area contributed by atoms with E-state index in [-0.39, 0.29) is 17.5 Å². The SMILES string of the molecule is CCCNC(CS(=O)(=O)CCOC)C1CCCC1. The molecule has 1 rings (SSSR count). The van der Waals surface area contributed by atoms with Gasteiger partial charge in [-0.15, -0.1) is 0 Å². The molecule has 1 atom stereocenters. The Balaban J connectivity index is 2.53. The maximum Gasteiger partial charge on any atom is 0.154 e. The van der Waals surface area contributed by atoms with Gasteiger partial charge in [0.15, 0.2) is 9.84 Å². The lowest BCUT2D eigenvalue weighted by Crippen LogP contribution is -2.42. The van der Waals surface area contributed by atoms with Crippen LogP contribution in [-0.4, -0.2) is 46.2 Å². The fourth-order valence-corrected chi connectivity index (χ4v) is 4.14. The molecule has 0 amide bonds. The Morgan fingerprint density at radius 1 is 1.33 bits per heavy atom. The van der Waals surface area contributed by atoms with Crippen LogP contribution < -0.4 is 5.32 Å². The van der Waals surface area contributed by atoms with Gasteiger partial charge in [0.05, 0.1) is 18.1 Å². The third-order valence-electron chi connectivity index (χ3n) is 3.66. The normalized spacial score (nSPS) is 19.2. The molecule has 0 heterocycles. The molecule has 0 aromatic heterocycles. The van der Waals surface area contributed by atoms with E-state index in [2.05, 4.69) is 12.2 Å². The molecule has 0 aromatic rings. The Bertz CT molecular complexity index is 310. The Morgan fingerprint density at radius 2 is 2.00 bits per heavy atom. The van der Waals surface area contributed by atoms with E-state index < -0.39 is 9.84 Å². The highest BCUT2D eigenvalue weighted by molar-refractivity contribution is 7.91. The van der Waals surface area contributed by atoms with Crippen molar-refractivity contribution >= 4 is 9.84 Å². The van der Waals surface area contributed by atoms with Gasteiger partial charge in [0.25, 0.3) is 0 Å². The molecule has 0 saturated heterocycles. The zero-order valence-electron chi connectivity index (χ0n) is 11.7. The Kier molecular flexibility index (Phi) is 7.19. The molecule has 1 saturated carbocycles. The molecule has 1 unspecified atom stereocenters. The molecule has 5 heteroatoms. The van der Waals surface area contributed by atoms with E-state index >= 15 is 0 Å². The lowest BCUT2D eigenvalue weighted by atomic mass is 10.00. The summed E-state index contributed by atoms with van der Waals surface area (Å²) < 4.78 is 28.9. The average molecular weight is 277 g/mol. The van der Waals surface area contributed by atoms with Crippen molar-refractivity contribution in [2.75, 3.05) is 31.8 Å². The van der Waals surface area contributed by atoms with E-state index in [0.717, 1.165) is 13.0 Å². The highest BCUT2D eigenvalue weighted by Crippen LogP contribution is 2.28. The van der Waals surface area contributed by atoms with Gasteiger partial charge in [0.1, 0.15) is 0 Å². The predicted molar refractivity (Wildman–Crippen MR) is 74.6 cm³/mol. The monoisotopic (exact) mass is 277 g/mol. The highest BCUT2D eigenvalue weighted by Gasteiger charge is 2.28. The van der Waals surface area contributed by atoms with Crippen molar-refractivity contribution in [2.24, 2.45) is 5.92 Å². The summed E-state index contributed by atoms with van der Waals surface area (Å²) in [5.41, 5.74) is 0.